The fourth-order valence-electron chi connectivity index (χ4n) is 2.44. The lowest BCUT2D eigenvalue weighted by Crippen LogP contribution is -2.15. The van der Waals surface area contributed by atoms with Crippen molar-refractivity contribution < 1.29 is 4.92 Å². The van der Waals surface area contributed by atoms with Gasteiger partial charge < -0.3 is 0 Å². The lowest BCUT2D eigenvalue weighted by atomic mass is 10.1. The van der Waals surface area contributed by atoms with Gasteiger partial charge in [0.15, 0.2) is 4.80 Å². The molecule has 3 rings (SSSR count). The minimum absolute atomic E-state index is 0.00841. The molecular formula is C16H13N3O2S. The van der Waals surface area contributed by atoms with E-state index in [4.69, 9.17) is 5.41 Å². The zero-order chi connectivity index (χ0) is 15.7. The van der Waals surface area contributed by atoms with Crippen LogP contribution < -0.4 is 4.80 Å². The maximum Gasteiger partial charge on any atom is 0.293 e. The molecule has 0 radical (unpaired) electrons. The van der Waals surface area contributed by atoms with E-state index in [0.29, 0.717) is 5.69 Å². The highest BCUT2D eigenvalue weighted by Gasteiger charge is 2.21. The summed E-state index contributed by atoms with van der Waals surface area (Å²) < 4.78 is 1.65. The van der Waals surface area contributed by atoms with Crippen LogP contribution in [0, 0.1) is 22.4 Å². The van der Waals surface area contributed by atoms with E-state index < -0.39 is 4.92 Å². The van der Waals surface area contributed by atoms with Gasteiger partial charge >= 0.3 is 0 Å². The van der Waals surface area contributed by atoms with Gasteiger partial charge in [-0.1, -0.05) is 42.5 Å². The first-order valence-electron chi connectivity index (χ1n) is 6.64. The fraction of sp³-hybridized carbons (Fsp3) is 0.0625. The number of aryl methyl sites for hydroxylation is 1. The average molecular weight is 311 g/mol. The molecule has 0 spiro atoms. The molecule has 0 saturated heterocycles. The molecule has 3 aromatic rings. The zero-order valence-electron chi connectivity index (χ0n) is 11.8. The van der Waals surface area contributed by atoms with Gasteiger partial charge in [-0.2, -0.15) is 0 Å². The molecule has 1 N–H and O–H groups in total. The number of benzene rings is 2. The maximum absolute atomic E-state index is 11.4. The molecule has 0 unspecified atom stereocenters. The van der Waals surface area contributed by atoms with Crippen LogP contribution in [0.3, 0.4) is 0 Å². The van der Waals surface area contributed by atoms with Crippen molar-refractivity contribution in [3.8, 4) is 16.9 Å². The normalized spacial score (nSPS) is 10.6. The Labute approximate surface area is 130 Å². The highest BCUT2D eigenvalue weighted by Crippen LogP contribution is 2.30. The molecule has 0 aliphatic carbocycles. The van der Waals surface area contributed by atoms with Crippen LogP contribution in [-0.2, 0) is 0 Å². The molecule has 6 heteroatoms. The standard InChI is InChI=1S/C16H13N3O2S/c1-11-6-5-9-13(19(20)21)15(11)18-14(10-22-16(18)17)12-7-3-2-4-8-12/h2-10,17H,1H3. The molecule has 2 aromatic carbocycles. The van der Waals surface area contributed by atoms with E-state index in [1.54, 1.807) is 10.6 Å². The monoisotopic (exact) mass is 311 g/mol. The van der Waals surface area contributed by atoms with Crippen molar-refractivity contribution >= 4 is 17.0 Å². The van der Waals surface area contributed by atoms with Crippen molar-refractivity contribution in [1.82, 2.24) is 4.57 Å². The number of nitro benzene ring substituents is 1. The molecule has 5 nitrogen and oxygen atoms in total. The molecule has 0 amide bonds. The zero-order valence-corrected chi connectivity index (χ0v) is 12.6. The van der Waals surface area contributed by atoms with Crippen LogP contribution in [0.5, 0.6) is 0 Å². The predicted octanol–water partition coefficient (Wildman–Crippen LogP) is 3.90. The first-order chi connectivity index (χ1) is 10.6. The summed E-state index contributed by atoms with van der Waals surface area (Å²) in [5.74, 6) is 0. The molecule has 0 aliphatic rings. The van der Waals surface area contributed by atoms with Crippen LogP contribution in [0.4, 0.5) is 5.69 Å². The number of nitro groups is 1. The van der Waals surface area contributed by atoms with Gasteiger partial charge in [0.25, 0.3) is 5.69 Å². The van der Waals surface area contributed by atoms with Gasteiger partial charge in [-0.05, 0) is 18.1 Å². The Kier molecular flexibility index (Phi) is 3.60. The Morgan fingerprint density at radius 3 is 2.55 bits per heavy atom. The van der Waals surface area contributed by atoms with Gasteiger partial charge in [0, 0.05) is 11.4 Å². The van der Waals surface area contributed by atoms with E-state index in [1.807, 2.05) is 48.7 Å². The predicted molar refractivity (Wildman–Crippen MR) is 86.3 cm³/mol. The highest BCUT2D eigenvalue weighted by molar-refractivity contribution is 7.07. The van der Waals surface area contributed by atoms with Crippen molar-refractivity contribution in [2.75, 3.05) is 0 Å². The first kappa shape index (κ1) is 14.2. The number of para-hydroxylation sites is 1. The average Bonchev–Trinajstić information content (AvgIpc) is 2.89. The Morgan fingerprint density at radius 2 is 1.86 bits per heavy atom. The number of nitrogens with one attached hydrogen (secondary N) is 1. The molecule has 1 heterocycles. The minimum Gasteiger partial charge on any atom is -0.279 e. The third-order valence-electron chi connectivity index (χ3n) is 3.43. The van der Waals surface area contributed by atoms with Crippen molar-refractivity contribution in [3.63, 3.8) is 0 Å². The van der Waals surface area contributed by atoms with Crippen molar-refractivity contribution in [2.45, 2.75) is 6.92 Å². The van der Waals surface area contributed by atoms with Gasteiger partial charge in [-0.15, -0.1) is 11.3 Å². The number of aromatic nitrogens is 1. The second-order valence-corrected chi connectivity index (χ2v) is 5.69. The second kappa shape index (κ2) is 5.57. The summed E-state index contributed by atoms with van der Waals surface area (Å²) >= 11 is 1.26. The summed E-state index contributed by atoms with van der Waals surface area (Å²) in [6.07, 6.45) is 0. The Hall–Kier alpha value is -2.73. The van der Waals surface area contributed by atoms with Gasteiger partial charge in [-0.3, -0.25) is 20.1 Å². The van der Waals surface area contributed by atoms with Crippen LogP contribution >= 0.6 is 11.3 Å². The van der Waals surface area contributed by atoms with Crippen molar-refractivity contribution in [3.05, 3.63) is 74.4 Å². The van der Waals surface area contributed by atoms with Crippen LogP contribution in [0.1, 0.15) is 5.56 Å². The van der Waals surface area contributed by atoms with Crippen LogP contribution in [0.2, 0.25) is 0 Å². The lowest BCUT2D eigenvalue weighted by molar-refractivity contribution is -0.384. The number of thiazole rings is 1. The number of hydrogen-bond donors (Lipinski definition) is 1. The van der Waals surface area contributed by atoms with E-state index in [9.17, 15) is 10.1 Å². The molecular weight excluding hydrogens is 298 g/mol. The summed E-state index contributed by atoms with van der Waals surface area (Å²) in [6.45, 7) is 1.82. The van der Waals surface area contributed by atoms with Crippen LogP contribution in [-0.4, -0.2) is 9.49 Å². The summed E-state index contributed by atoms with van der Waals surface area (Å²) in [7, 11) is 0. The third-order valence-corrected chi connectivity index (χ3v) is 4.18. The van der Waals surface area contributed by atoms with E-state index in [-0.39, 0.29) is 10.5 Å². The summed E-state index contributed by atoms with van der Waals surface area (Å²) in [5.41, 5.74) is 2.94. The van der Waals surface area contributed by atoms with Crippen molar-refractivity contribution in [1.29, 1.82) is 5.41 Å². The van der Waals surface area contributed by atoms with Crippen LogP contribution in [0.15, 0.2) is 53.9 Å². The Bertz CT molecular complexity index is 897. The molecule has 0 fully saturated rings. The second-order valence-electron chi connectivity index (χ2n) is 4.83. The Balaban J connectivity index is 2.34. The van der Waals surface area contributed by atoms with E-state index in [1.165, 1.54) is 17.4 Å². The smallest absolute Gasteiger partial charge is 0.279 e. The minimum atomic E-state index is -0.402. The quantitative estimate of drug-likeness (QED) is 0.588. The van der Waals surface area contributed by atoms with E-state index >= 15 is 0 Å². The topological polar surface area (TPSA) is 71.9 Å². The molecule has 0 aliphatic heterocycles. The van der Waals surface area contributed by atoms with Gasteiger partial charge in [0.2, 0.25) is 0 Å². The SMILES string of the molecule is Cc1cccc([N+](=O)[O-])c1-n1c(-c2ccccc2)csc1=N. The molecule has 0 saturated carbocycles. The number of rotatable bonds is 3. The Morgan fingerprint density at radius 1 is 1.14 bits per heavy atom. The summed E-state index contributed by atoms with van der Waals surface area (Å²) in [6, 6.07) is 14.6. The number of hydrogen-bond acceptors (Lipinski definition) is 4. The lowest BCUT2D eigenvalue weighted by Gasteiger charge is -2.12. The van der Waals surface area contributed by atoms with E-state index in [2.05, 4.69) is 0 Å². The molecule has 1 aromatic heterocycles. The molecule has 22 heavy (non-hydrogen) atoms. The van der Waals surface area contributed by atoms with Gasteiger partial charge in [-0.25, -0.2) is 0 Å². The molecule has 110 valence electrons. The molecule has 0 atom stereocenters. The highest BCUT2D eigenvalue weighted by atomic mass is 32.1. The first-order valence-corrected chi connectivity index (χ1v) is 7.52. The fourth-order valence-corrected chi connectivity index (χ4v) is 3.20. The van der Waals surface area contributed by atoms with Crippen molar-refractivity contribution in [2.24, 2.45) is 0 Å². The molecule has 0 bridgehead atoms. The maximum atomic E-state index is 11.4. The van der Waals surface area contributed by atoms with Gasteiger partial charge in [0.1, 0.15) is 5.69 Å². The number of nitrogens with zero attached hydrogens (tertiary/aromatic N) is 2. The largest absolute Gasteiger partial charge is 0.293 e. The summed E-state index contributed by atoms with van der Waals surface area (Å²) in [4.78, 5) is 11.2. The van der Waals surface area contributed by atoms with E-state index in [0.717, 1.165) is 16.8 Å². The summed E-state index contributed by atoms with van der Waals surface area (Å²) in [5, 5.41) is 21.4. The van der Waals surface area contributed by atoms with Gasteiger partial charge in [0.05, 0.1) is 10.6 Å². The van der Waals surface area contributed by atoms with Crippen LogP contribution in [0.25, 0.3) is 16.9 Å². The third kappa shape index (κ3) is 2.33.